The molecule has 0 radical (unpaired) electrons. The minimum absolute atomic E-state index is 0.0969. The van der Waals surface area contributed by atoms with Gasteiger partial charge in [-0.25, -0.2) is 0 Å². The maximum atomic E-state index is 11.9. The number of aliphatic hydroxyl groups excluding tert-OH is 1. The number of ether oxygens (including phenoxy) is 1. The van der Waals surface area contributed by atoms with Crippen molar-refractivity contribution in [2.75, 3.05) is 13.7 Å². The van der Waals surface area contributed by atoms with Gasteiger partial charge in [0.15, 0.2) is 0 Å². The molecule has 1 aliphatic rings. The predicted molar refractivity (Wildman–Crippen MR) is 103 cm³/mol. The Morgan fingerprint density at radius 1 is 1.15 bits per heavy atom. The Balaban J connectivity index is 1.52. The van der Waals surface area contributed by atoms with Gasteiger partial charge in [-0.2, -0.15) is 0 Å². The summed E-state index contributed by atoms with van der Waals surface area (Å²) in [5.41, 5.74) is 4.41. The number of rotatable bonds is 7. The molecule has 0 fully saturated rings. The standard InChI is InChI=1S/C22H27NO3/c1-23-22(25)21-9-5-4-7-17(21)10-12-19(24)15-26-20-13-11-16-6-2-3-8-18(16)14-20/h4-5,7,9,11,13-14,19,24H,2-3,6,8,10,12,15H2,1H3,(H,23,25). The number of benzene rings is 2. The molecule has 0 bridgehead atoms. The molecule has 0 saturated heterocycles. The molecule has 1 unspecified atom stereocenters. The van der Waals surface area contributed by atoms with Gasteiger partial charge in [0, 0.05) is 12.6 Å². The van der Waals surface area contributed by atoms with Gasteiger partial charge < -0.3 is 15.2 Å². The number of carbonyl (C=O) groups excluding carboxylic acids is 1. The molecule has 2 aromatic rings. The fraction of sp³-hybridized carbons (Fsp3) is 0.409. The second-order valence-corrected chi connectivity index (χ2v) is 6.88. The molecule has 2 N–H and O–H groups in total. The summed E-state index contributed by atoms with van der Waals surface area (Å²) < 4.78 is 5.79. The highest BCUT2D eigenvalue weighted by molar-refractivity contribution is 5.95. The van der Waals surface area contributed by atoms with Crippen molar-refractivity contribution in [2.24, 2.45) is 0 Å². The molecule has 4 heteroatoms. The van der Waals surface area contributed by atoms with Gasteiger partial charge in [-0.05, 0) is 73.4 Å². The zero-order valence-corrected chi connectivity index (χ0v) is 15.3. The molecule has 4 nitrogen and oxygen atoms in total. The lowest BCUT2D eigenvalue weighted by Crippen LogP contribution is -2.21. The number of nitrogens with one attached hydrogen (secondary N) is 1. The fourth-order valence-electron chi connectivity index (χ4n) is 3.49. The molecular formula is C22H27NO3. The first-order chi connectivity index (χ1) is 12.7. The Morgan fingerprint density at radius 2 is 1.92 bits per heavy atom. The van der Waals surface area contributed by atoms with Crippen LogP contribution in [0.15, 0.2) is 42.5 Å². The summed E-state index contributed by atoms with van der Waals surface area (Å²) in [6.45, 7) is 0.265. The van der Waals surface area contributed by atoms with Crippen molar-refractivity contribution in [3.63, 3.8) is 0 Å². The summed E-state index contributed by atoms with van der Waals surface area (Å²) >= 11 is 0. The second-order valence-electron chi connectivity index (χ2n) is 6.88. The number of fused-ring (bicyclic) bond motifs is 1. The third-order valence-corrected chi connectivity index (χ3v) is 5.00. The van der Waals surface area contributed by atoms with Crippen LogP contribution in [0.5, 0.6) is 5.75 Å². The minimum Gasteiger partial charge on any atom is -0.491 e. The zero-order chi connectivity index (χ0) is 18.4. The predicted octanol–water partition coefficient (Wildman–Crippen LogP) is 3.30. The molecule has 138 valence electrons. The Kier molecular flexibility index (Phi) is 6.29. The van der Waals surface area contributed by atoms with E-state index < -0.39 is 6.10 Å². The van der Waals surface area contributed by atoms with E-state index in [4.69, 9.17) is 4.74 Å². The SMILES string of the molecule is CNC(=O)c1ccccc1CCC(O)COc1ccc2c(c1)CCCC2. The van der Waals surface area contributed by atoms with Crippen molar-refractivity contribution < 1.29 is 14.6 Å². The van der Waals surface area contributed by atoms with E-state index in [2.05, 4.69) is 17.4 Å². The quantitative estimate of drug-likeness (QED) is 0.803. The lowest BCUT2D eigenvalue weighted by Gasteiger charge is -2.18. The third kappa shape index (κ3) is 4.64. The topological polar surface area (TPSA) is 58.6 Å². The second kappa shape index (κ2) is 8.86. The molecule has 0 aromatic heterocycles. The Morgan fingerprint density at radius 3 is 2.73 bits per heavy atom. The number of amides is 1. The van der Waals surface area contributed by atoms with E-state index in [0.717, 1.165) is 24.2 Å². The van der Waals surface area contributed by atoms with Crippen LogP contribution in [0.25, 0.3) is 0 Å². The van der Waals surface area contributed by atoms with Gasteiger partial charge in [0.2, 0.25) is 0 Å². The summed E-state index contributed by atoms with van der Waals surface area (Å²) in [4.78, 5) is 11.9. The first kappa shape index (κ1) is 18.5. The van der Waals surface area contributed by atoms with Crippen LogP contribution in [0.4, 0.5) is 0 Å². The molecule has 1 aliphatic carbocycles. The molecule has 3 rings (SSSR count). The highest BCUT2D eigenvalue weighted by atomic mass is 16.5. The van der Waals surface area contributed by atoms with Crippen molar-refractivity contribution in [2.45, 2.75) is 44.6 Å². The van der Waals surface area contributed by atoms with E-state index in [0.29, 0.717) is 18.4 Å². The monoisotopic (exact) mass is 353 g/mol. The van der Waals surface area contributed by atoms with Gasteiger partial charge in [0.1, 0.15) is 12.4 Å². The Labute approximate surface area is 155 Å². The summed E-state index contributed by atoms with van der Waals surface area (Å²) in [5, 5.41) is 12.9. The molecule has 1 atom stereocenters. The van der Waals surface area contributed by atoms with E-state index in [-0.39, 0.29) is 12.5 Å². The molecule has 0 spiro atoms. The molecule has 1 amide bonds. The van der Waals surface area contributed by atoms with Crippen LogP contribution in [0.1, 0.15) is 46.3 Å². The van der Waals surface area contributed by atoms with Gasteiger partial charge in [-0.15, -0.1) is 0 Å². The maximum absolute atomic E-state index is 11.9. The van der Waals surface area contributed by atoms with Gasteiger partial charge in [0.05, 0.1) is 6.10 Å². The maximum Gasteiger partial charge on any atom is 0.251 e. The first-order valence-corrected chi connectivity index (χ1v) is 9.40. The fourth-order valence-corrected chi connectivity index (χ4v) is 3.49. The lowest BCUT2D eigenvalue weighted by atomic mass is 9.92. The summed E-state index contributed by atoms with van der Waals surface area (Å²) in [6.07, 6.45) is 5.41. The van der Waals surface area contributed by atoms with Crippen LogP contribution in [0.3, 0.4) is 0 Å². The number of aliphatic hydroxyl groups is 1. The van der Waals surface area contributed by atoms with E-state index in [1.165, 1.54) is 24.0 Å². The van der Waals surface area contributed by atoms with E-state index >= 15 is 0 Å². The van der Waals surface area contributed by atoms with Crippen LogP contribution in [0, 0.1) is 0 Å². The smallest absolute Gasteiger partial charge is 0.251 e. The van der Waals surface area contributed by atoms with Crippen molar-refractivity contribution in [3.8, 4) is 5.75 Å². The molecular weight excluding hydrogens is 326 g/mol. The average molecular weight is 353 g/mol. The number of hydrogen-bond donors (Lipinski definition) is 2. The van der Waals surface area contributed by atoms with Crippen molar-refractivity contribution in [1.29, 1.82) is 0 Å². The van der Waals surface area contributed by atoms with E-state index in [1.54, 1.807) is 7.05 Å². The largest absolute Gasteiger partial charge is 0.491 e. The number of hydrogen-bond acceptors (Lipinski definition) is 3. The van der Waals surface area contributed by atoms with Crippen molar-refractivity contribution in [3.05, 3.63) is 64.7 Å². The van der Waals surface area contributed by atoms with Gasteiger partial charge in [-0.3, -0.25) is 4.79 Å². The summed E-state index contributed by atoms with van der Waals surface area (Å²) in [7, 11) is 1.63. The minimum atomic E-state index is -0.566. The average Bonchev–Trinajstić information content (AvgIpc) is 2.70. The van der Waals surface area contributed by atoms with Gasteiger partial charge in [0.25, 0.3) is 5.91 Å². The lowest BCUT2D eigenvalue weighted by molar-refractivity contribution is 0.0954. The highest BCUT2D eigenvalue weighted by Gasteiger charge is 2.13. The van der Waals surface area contributed by atoms with Crippen molar-refractivity contribution in [1.82, 2.24) is 5.32 Å². The van der Waals surface area contributed by atoms with Crippen LogP contribution in [-0.2, 0) is 19.3 Å². The molecule has 0 heterocycles. The normalized spacial score (nSPS) is 14.4. The molecule has 0 saturated carbocycles. The van der Waals surface area contributed by atoms with Gasteiger partial charge >= 0.3 is 0 Å². The van der Waals surface area contributed by atoms with Crippen LogP contribution in [0.2, 0.25) is 0 Å². The van der Waals surface area contributed by atoms with E-state index in [1.807, 2.05) is 30.3 Å². The van der Waals surface area contributed by atoms with E-state index in [9.17, 15) is 9.90 Å². The van der Waals surface area contributed by atoms with Crippen LogP contribution in [-0.4, -0.2) is 30.8 Å². The Bertz CT molecular complexity index is 757. The molecule has 2 aromatic carbocycles. The third-order valence-electron chi connectivity index (χ3n) is 5.00. The number of carbonyl (C=O) groups is 1. The van der Waals surface area contributed by atoms with Crippen LogP contribution < -0.4 is 10.1 Å². The van der Waals surface area contributed by atoms with Gasteiger partial charge in [-0.1, -0.05) is 24.3 Å². The molecule has 26 heavy (non-hydrogen) atoms. The zero-order valence-electron chi connectivity index (χ0n) is 15.3. The highest BCUT2D eigenvalue weighted by Crippen LogP contribution is 2.25. The molecule has 0 aliphatic heterocycles. The summed E-state index contributed by atoms with van der Waals surface area (Å²) in [5.74, 6) is 0.732. The Hall–Kier alpha value is -2.33. The number of aryl methyl sites for hydroxylation is 3. The summed E-state index contributed by atoms with van der Waals surface area (Å²) in [6, 6.07) is 13.8. The van der Waals surface area contributed by atoms with Crippen molar-refractivity contribution >= 4 is 5.91 Å². The van der Waals surface area contributed by atoms with Crippen LogP contribution >= 0.6 is 0 Å². The first-order valence-electron chi connectivity index (χ1n) is 9.40.